The third-order valence-corrected chi connectivity index (χ3v) is 8.82. The molecule has 1 aliphatic heterocycles. The first-order valence-electron chi connectivity index (χ1n) is 9.03. The number of fused-ring (bicyclic) bond motifs is 3. The van der Waals surface area contributed by atoms with Crippen LogP contribution in [0.1, 0.15) is 0 Å². The standard InChI is InChI=1S/C24H15F2OS2/c25-16-8-12-18(13-9-16)28(19-14-10-17(26)11-15-19)23-7-3-5-21-20-4-1-2-6-22(20)29(27)24(21)23/h1-15H/q+1. The second-order valence-corrected chi connectivity index (χ2v) is 9.99. The number of hydrogen-bond acceptors (Lipinski definition) is 1. The van der Waals surface area contributed by atoms with E-state index < -0.39 is 21.7 Å². The van der Waals surface area contributed by atoms with Gasteiger partial charge in [0.25, 0.3) is 0 Å². The molecule has 0 N–H and O–H groups in total. The largest absolute Gasteiger partial charge is 0.249 e. The van der Waals surface area contributed by atoms with Crippen molar-refractivity contribution in [1.82, 2.24) is 0 Å². The summed E-state index contributed by atoms with van der Waals surface area (Å²) in [7, 11) is -1.95. The first-order valence-corrected chi connectivity index (χ1v) is 11.4. The maximum atomic E-state index is 13.6. The van der Waals surface area contributed by atoms with Crippen molar-refractivity contribution in [2.24, 2.45) is 0 Å². The van der Waals surface area contributed by atoms with Gasteiger partial charge in [0.05, 0.1) is 15.7 Å². The lowest BCUT2D eigenvalue weighted by atomic mass is 10.1. The van der Waals surface area contributed by atoms with Crippen LogP contribution in [0.5, 0.6) is 0 Å². The normalized spacial score (nSPS) is 14.7. The van der Waals surface area contributed by atoms with Gasteiger partial charge in [0.15, 0.2) is 14.7 Å². The highest BCUT2D eigenvalue weighted by molar-refractivity contribution is 7.97. The van der Waals surface area contributed by atoms with Crippen molar-refractivity contribution in [2.75, 3.05) is 0 Å². The summed E-state index contributed by atoms with van der Waals surface area (Å²) in [5, 5.41) is 0. The number of hydrogen-bond donors (Lipinski definition) is 0. The fourth-order valence-corrected chi connectivity index (χ4v) is 7.58. The van der Waals surface area contributed by atoms with Crippen molar-refractivity contribution < 1.29 is 13.0 Å². The van der Waals surface area contributed by atoms with Crippen LogP contribution in [0, 0.1) is 11.6 Å². The van der Waals surface area contributed by atoms with Crippen LogP contribution in [-0.2, 0) is 21.7 Å². The van der Waals surface area contributed by atoms with E-state index >= 15 is 0 Å². The minimum absolute atomic E-state index is 0.314. The summed E-state index contributed by atoms with van der Waals surface area (Å²) >= 11 is 0. The summed E-state index contributed by atoms with van der Waals surface area (Å²) in [5.41, 5.74) is 1.93. The van der Waals surface area contributed by atoms with Gasteiger partial charge in [-0.25, -0.2) is 13.0 Å². The van der Waals surface area contributed by atoms with Crippen LogP contribution in [-0.4, -0.2) is 4.21 Å². The second kappa shape index (κ2) is 7.25. The predicted octanol–water partition coefficient (Wildman–Crippen LogP) is 6.21. The van der Waals surface area contributed by atoms with Crippen molar-refractivity contribution in [2.45, 2.75) is 24.5 Å². The highest BCUT2D eigenvalue weighted by Gasteiger charge is 2.38. The first kappa shape index (κ1) is 18.3. The fraction of sp³-hybridized carbons (Fsp3) is 0. The van der Waals surface area contributed by atoms with E-state index in [1.165, 1.54) is 24.3 Å². The monoisotopic (exact) mass is 421 g/mol. The van der Waals surface area contributed by atoms with Gasteiger partial charge in [0.1, 0.15) is 27.4 Å². The smallest absolute Gasteiger partial charge is 0.183 e. The molecule has 5 rings (SSSR count). The predicted molar refractivity (Wildman–Crippen MR) is 112 cm³/mol. The maximum absolute atomic E-state index is 13.6. The third kappa shape index (κ3) is 3.11. The molecule has 1 atom stereocenters. The van der Waals surface area contributed by atoms with Gasteiger partial charge in [0.2, 0.25) is 0 Å². The Hall–Kier alpha value is -2.76. The molecule has 4 aromatic rings. The van der Waals surface area contributed by atoms with Crippen LogP contribution < -0.4 is 0 Å². The Kier molecular flexibility index (Phi) is 4.57. The maximum Gasteiger partial charge on any atom is 0.183 e. The molecule has 0 aromatic heterocycles. The topological polar surface area (TPSA) is 17.1 Å². The highest BCUT2D eigenvalue weighted by Crippen LogP contribution is 2.46. The van der Waals surface area contributed by atoms with Gasteiger partial charge in [-0.3, -0.25) is 0 Å². The van der Waals surface area contributed by atoms with Crippen LogP contribution in [0.2, 0.25) is 0 Å². The minimum Gasteiger partial charge on any atom is -0.249 e. The molecule has 5 heteroatoms. The van der Waals surface area contributed by atoms with Gasteiger partial charge in [-0.1, -0.05) is 30.3 Å². The molecule has 0 saturated heterocycles. The molecular weight excluding hydrogens is 406 g/mol. The first-order chi connectivity index (χ1) is 14.1. The van der Waals surface area contributed by atoms with Gasteiger partial charge >= 0.3 is 0 Å². The number of rotatable bonds is 3. The lowest BCUT2D eigenvalue weighted by Gasteiger charge is -2.11. The Labute approximate surface area is 172 Å². The van der Waals surface area contributed by atoms with Crippen molar-refractivity contribution in [3.05, 3.63) is 103 Å². The van der Waals surface area contributed by atoms with Crippen molar-refractivity contribution in [3.8, 4) is 11.1 Å². The Morgan fingerprint density at radius 1 is 0.621 bits per heavy atom. The highest BCUT2D eigenvalue weighted by atomic mass is 32.2. The van der Waals surface area contributed by atoms with E-state index in [0.717, 1.165) is 35.6 Å². The molecule has 4 aromatic carbocycles. The third-order valence-electron chi connectivity index (χ3n) is 4.86. The molecule has 0 radical (unpaired) electrons. The zero-order valence-corrected chi connectivity index (χ0v) is 16.8. The minimum atomic E-state index is -1.30. The van der Waals surface area contributed by atoms with E-state index in [9.17, 15) is 13.0 Å². The van der Waals surface area contributed by atoms with E-state index in [1.807, 2.05) is 42.5 Å². The quantitative estimate of drug-likeness (QED) is 0.317. The lowest BCUT2D eigenvalue weighted by Crippen LogP contribution is -2.08. The van der Waals surface area contributed by atoms with Gasteiger partial charge in [-0.2, -0.15) is 0 Å². The van der Waals surface area contributed by atoms with Gasteiger partial charge in [-0.15, -0.1) is 0 Å². The van der Waals surface area contributed by atoms with Crippen LogP contribution in [0.25, 0.3) is 11.1 Å². The summed E-state index contributed by atoms with van der Waals surface area (Å²) in [6, 6.07) is 26.3. The van der Waals surface area contributed by atoms with E-state index in [4.69, 9.17) is 0 Å². The molecule has 0 fully saturated rings. The average molecular weight is 422 g/mol. The van der Waals surface area contributed by atoms with Gasteiger partial charge in [-0.05, 0) is 66.2 Å². The van der Waals surface area contributed by atoms with Crippen LogP contribution >= 0.6 is 0 Å². The molecule has 1 heterocycles. The van der Waals surface area contributed by atoms with Crippen LogP contribution in [0.3, 0.4) is 0 Å². The van der Waals surface area contributed by atoms with E-state index in [2.05, 4.69) is 0 Å². The molecule has 29 heavy (non-hydrogen) atoms. The lowest BCUT2D eigenvalue weighted by molar-refractivity contribution is 0.626. The van der Waals surface area contributed by atoms with E-state index in [0.29, 0.717) is 0 Å². The molecule has 1 aliphatic rings. The van der Waals surface area contributed by atoms with Gasteiger partial charge in [0, 0.05) is 5.56 Å². The Balaban J connectivity index is 1.76. The Bertz CT molecular complexity index is 1190. The number of halogens is 2. The summed E-state index contributed by atoms with van der Waals surface area (Å²) in [4.78, 5) is 4.27. The SMILES string of the molecule is O=S1c2ccccc2-c2cccc([S+](c3ccc(F)cc3)c3ccc(F)cc3)c21. The zero-order chi connectivity index (χ0) is 20.0. The van der Waals surface area contributed by atoms with Crippen molar-refractivity contribution in [3.63, 3.8) is 0 Å². The van der Waals surface area contributed by atoms with Crippen molar-refractivity contribution in [1.29, 1.82) is 0 Å². The Morgan fingerprint density at radius 3 is 1.79 bits per heavy atom. The van der Waals surface area contributed by atoms with Crippen LogP contribution in [0.4, 0.5) is 8.78 Å². The summed E-state index contributed by atoms with van der Waals surface area (Å²) in [6.07, 6.45) is 0. The second-order valence-electron chi connectivity index (χ2n) is 6.61. The molecule has 0 bridgehead atoms. The van der Waals surface area contributed by atoms with E-state index in [-0.39, 0.29) is 11.6 Å². The molecule has 142 valence electrons. The van der Waals surface area contributed by atoms with Crippen LogP contribution in [0.15, 0.2) is 115 Å². The summed E-state index contributed by atoms with van der Waals surface area (Å²) in [6.45, 7) is 0. The molecule has 1 unspecified atom stereocenters. The molecule has 0 amide bonds. The molecular formula is C24H15F2OS2+. The van der Waals surface area contributed by atoms with Crippen molar-refractivity contribution >= 4 is 21.7 Å². The Morgan fingerprint density at radius 2 is 1.17 bits per heavy atom. The number of benzene rings is 4. The fourth-order valence-electron chi connectivity index (χ4n) is 3.57. The van der Waals surface area contributed by atoms with Gasteiger partial charge < -0.3 is 0 Å². The zero-order valence-electron chi connectivity index (χ0n) is 15.1. The summed E-state index contributed by atoms with van der Waals surface area (Å²) < 4.78 is 40.5. The molecule has 0 saturated carbocycles. The molecule has 1 nitrogen and oxygen atoms in total. The molecule has 0 spiro atoms. The summed E-state index contributed by atoms with van der Waals surface area (Å²) in [5.74, 6) is -0.628. The molecule has 0 aliphatic carbocycles. The van der Waals surface area contributed by atoms with E-state index in [1.54, 1.807) is 24.3 Å². The average Bonchev–Trinajstić information content (AvgIpc) is 3.04.